The lowest BCUT2D eigenvalue weighted by atomic mass is 10.0. The topological polar surface area (TPSA) is 126 Å². The number of nitrogens with zero attached hydrogens (tertiary/aromatic N) is 2. The number of hydrogen-bond donors (Lipinski definition) is 3. The van der Waals surface area contributed by atoms with Crippen LogP contribution in [0, 0.1) is 0 Å². The van der Waals surface area contributed by atoms with Gasteiger partial charge in [-0.25, -0.2) is 14.8 Å². The number of fused-ring (bicyclic) bond motifs is 2. The number of aromatic nitrogens is 2. The number of aromatic hydroxyl groups is 1. The lowest BCUT2D eigenvalue weighted by Gasteiger charge is -2.13. The van der Waals surface area contributed by atoms with Crippen molar-refractivity contribution in [2.75, 3.05) is 5.32 Å². The number of phenolic OH excluding ortho intramolecular Hbond substituents is 1. The van der Waals surface area contributed by atoms with E-state index in [1.165, 1.54) is 12.1 Å². The Balaban J connectivity index is 1.45. The summed E-state index contributed by atoms with van der Waals surface area (Å²) >= 11 is 0. The van der Waals surface area contributed by atoms with Gasteiger partial charge < -0.3 is 19.9 Å². The fourth-order valence-electron chi connectivity index (χ4n) is 4.39. The minimum Gasteiger partial charge on any atom is -0.506 e. The number of carboxylic acid groups (broad SMARTS) is 1. The van der Waals surface area contributed by atoms with E-state index < -0.39 is 11.9 Å². The highest BCUT2D eigenvalue weighted by molar-refractivity contribution is 6.14. The second kappa shape index (κ2) is 9.18. The van der Waals surface area contributed by atoms with E-state index in [1.807, 2.05) is 54.6 Å². The number of rotatable bonds is 5. The number of hydrogen-bond acceptors (Lipinski definition) is 6. The number of pyridine rings is 1. The molecule has 0 unspecified atom stereocenters. The molecule has 184 valence electrons. The lowest BCUT2D eigenvalue weighted by Crippen LogP contribution is -2.14. The predicted molar refractivity (Wildman–Crippen MR) is 143 cm³/mol. The second-order valence-corrected chi connectivity index (χ2v) is 8.57. The molecule has 0 aliphatic heterocycles. The maximum atomic E-state index is 13.7. The molecule has 0 spiro atoms. The molecular weight excluding hydrogens is 482 g/mol. The number of carbonyl (C=O) groups is 2. The smallest absolute Gasteiger partial charge is 0.338 e. The molecule has 8 heteroatoms. The molecule has 6 rings (SSSR count). The molecule has 0 aliphatic carbocycles. The number of carbonyl (C=O) groups excluding carboxylic acids is 1. The van der Waals surface area contributed by atoms with Crippen LogP contribution in [-0.4, -0.2) is 32.1 Å². The standard InChI is InChI=1S/C30H19N3O5/c34-24-14-6-11-19(29-33-27-20(30(36)37)12-7-15-25(27)38-29)26(24)32-28(35)21-16-23(17-8-2-1-3-9-17)31-22-13-5-4-10-18(21)22/h1-16,34H,(H,32,35)(H,36,37). The van der Waals surface area contributed by atoms with Gasteiger partial charge in [0.1, 0.15) is 11.3 Å². The van der Waals surface area contributed by atoms with Crippen LogP contribution in [0.15, 0.2) is 101 Å². The van der Waals surface area contributed by atoms with Crippen LogP contribution in [-0.2, 0) is 0 Å². The summed E-state index contributed by atoms with van der Waals surface area (Å²) in [5.74, 6) is -1.74. The first kappa shape index (κ1) is 22.9. The molecule has 0 saturated heterocycles. The zero-order valence-corrected chi connectivity index (χ0v) is 19.8. The third-order valence-electron chi connectivity index (χ3n) is 6.19. The molecule has 4 aromatic carbocycles. The first-order valence-electron chi connectivity index (χ1n) is 11.7. The largest absolute Gasteiger partial charge is 0.506 e. The van der Waals surface area contributed by atoms with Crippen LogP contribution < -0.4 is 5.32 Å². The first-order valence-corrected chi connectivity index (χ1v) is 11.7. The molecule has 6 aromatic rings. The van der Waals surface area contributed by atoms with Crippen LogP contribution in [0.4, 0.5) is 5.69 Å². The molecule has 2 aromatic heterocycles. The van der Waals surface area contributed by atoms with E-state index in [1.54, 1.807) is 30.3 Å². The van der Waals surface area contributed by atoms with Gasteiger partial charge in [-0.05, 0) is 36.4 Å². The molecule has 38 heavy (non-hydrogen) atoms. The maximum absolute atomic E-state index is 13.7. The van der Waals surface area contributed by atoms with Crippen LogP contribution in [0.1, 0.15) is 20.7 Å². The molecule has 2 heterocycles. The van der Waals surface area contributed by atoms with E-state index in [9.17, 15) is 19.8 Å². The van der Waals surface area contributed by atoms with Gasteiger partial charge in [0.25, 0.3) is 5.91 Å². The number of oxazole rings is 1. The van der Waals surface area contributed by atoms with Gasteiger partial charge in [0.15, 0.2) is 5.58 Å². The molecule has 0 bridgehead atoms. The predicted octanol–water partition coefficient (Wildman–Crippen LogP) is 6.37. The van der Waals surface area contributed by atoms with Crippen LogP contribution in [0.2, 0.25) is 0 Å². The molecule has 0 radical (unpaired) electrons. The van der Waals surface area contributed by atoms with E-state index >= 15 is 0 Å². The number of para-hydroxylation sites is 3. The average Bonchev–Trinajstić information content (AvgIpc) is 3.38. The molecule has 0 saturated carbocycles. The molecule has 3 N–H and O–H groups in total. The molecule has 1 amide bonds. The summed E-state index contributed by atoms with van der Waals surface area (Å²) in [5, 5.41) is 23.7. The van der Waals surface area contributed by atoms with Crippen LogP contribution in [0.5, 0.6) is 5.75 Å². The average molecular weight is 501 g/mol. The summed E-state index contributed by atoms with van der Waals surface area (Å²) in [5.41, 5.74) is 3.32. The number of carboxylic acids is 1. The minimum atomic E-state index is -1.14. The van der Waals surface area contributed by atoms with Crippen molar-refractivity contribution >= 4 is 39.6 Å². The van der Waals surface area contributed by atoms with Crippen molar-refractivity contribution in [3.8, 4) is 28.5 Å². The maximum Gasteiger partial charge on any atom is 0.338 e. The van der Waals surface area contributed by atoms with Crippen molar-refractivity contribution in [3.63, 3.8) is 0 Å². The fraction of sp³-hybridized carbons (Fsp3) is 0. The van der Waals surface area contributed by atoms with Gasteiger partial charge in [-0.15, -0.1) is 0 Å². The fourth-order valence-corrected chi connectivity index (χ4v) is 4.39. The third-order valence-corrected chi connectivity index (χ3v) is 6.19. The first-order chi connectivity index (χ1) is 18.5. The number of benzene rings is 4. The second-order valence-electron chi connectivity index (χ2n) is 8.57. The van der Waals surface area contributed by atoms with E-state index in [0.717, 1.165) is 5.56 Å². The van der Waals surface area contributed by atoms with Gasteiger partial charge in [0.05, 0.1) is 33.6 Å². The van der Waals surface area contributed by atoms with Crippen molar-refractivity contribution in [2.24, 2.45) is 0 Å². The summed E-state index contributed by atoms with van der Waals surface area (Å²) in [6.07, 6.45) is 0. The van der Waals surface area contributed by atoms with Crippen molar-refractivity contribution < 1.29 is 24.2 Å². The van der Waals surface area contributed by atoms with Gasteiger partial charge >= 0.3 is 5.97 Å². The van der Waals surface area contributed by atoms with E-state index in [0.29, 0.717) is 27.7 Å². The Morgan fingerprint density at radius 2 is 1.55 bits per heavy atom. The quantitative estimate of drug-likeness (QED) is 0.235. The normalized spacial score (nSPS) is 11.1. The minimum absolute atomic E-state index is 0.0139. The molecular formula is C30H19N3O5. The number of phenols is 1. The Kier molecular flexibility index (Phi) is 5.54. The Morgan fingerprint density at radius 1 is 0.789 bits per heavy atom. The monoisotopic (exact) mass is 501 g/mol. The van der Waals surface area contributed by atoms with Gasteiger partial charge in [-0.1, -0.05) is 60.7 Å². The summed E-state index contributed by atoms with van der Waals surface area (Å²) in [4.78, 5) is 34.4. The number of nitrogens with one attached hydrogen (secondary N) is 1. The Labute approximate surface area is 215 Å². The molecule has 8 nitrogen and oxygen atoms in total. The van der Waals surface area contributed by atoms with Gasteiger partial charge in [-0.2, -0.15) is 0 Å². The van der Waals surface area contributed by atoms with E-state index in [2.05, 4.69) is 10.3 Å². The lowest BCUT2D eigenvalue weighted by molar-refractivity contribution is 0.0698. The number of aromatic carboxylic acids is 1. The van der Waals surface area contributed by atoms with E-state index in [4.69, 9.17) is 9.40 Å². The number of amides is 1. The number of anilines is 1. The van der Waals surface area contributed by atoms with Gasteiger partial charge in [0.2, 0.25) is 5.89 Å². The van der Waals surface area contributed by atoms with E-state index in [-0.39, 0.29) is 34.0 Å². The van der Waals surface area contributed by atoms with Crippen molar-refractivity contribution in [2.45, 2.75) is 0 Å². The summed E-state index contributed by atoms with van der Waals surface area (Å²) in [6.45, 7) is 0. The third kappa shape index (κ3) is 4.00. The zero-order valence-electron chi connectivity index (χ0n) is 19.8. The Bertz CT molecular complexity index is 1860. The molecule has 0 fully saturated rings. The highest BCUT2D eigenvalue weighted by atomic mass is 16.4. The van der Waals surface area contributed by atoms with Crippen LogP contribution >= 0.6 is 0 Å². The SMILES string of the molecule is O=C(Nc1c(O)cccc1-c1nc2c(C(=O)O)cccc2o1)c1cc(-c2ccccc2)nc2ccccc12. The zero-order chi connectivity index (χ0) is 26.2. The summed E-state index contributed by atoms with van der Waals surface area (Å²) in [6, 6.07) is 27.8. The van der Waals surface area contributed by atoms with Crippen LogP contribution in [0.3, 0.4) is 0 Å². The Morgan fingerprint density at radius 3 is 2.37 bits per heavy atom. The van der Waals surface area contributed by atoms with Crippen LogP contribution in [0.25, 0.3) is 44.7 Å². The van der Waals surface area contributed by atoms with Crippen molar-refractivity contribution in [1.82, 2.24) is 9.97 Å². The highest BCUT2D eigenvalue weighted by Gasteiger charge is 2.22. The highest BCUT2D eigenvalue weighted by Crippen LogP contribution is 2.37. The van der Waals surface area contributed by atoms with Crippen molar-refractivity contribution in [3.05, 3.63) is 108 Å². The summed E-state index contributed by atoms with van der Waals surface area (Å²) in [7, 11) is 0. The van der Waals surface area contributed by atoms with Gasteiger partial charge in [0, 0.05) is 10.9 Å². The van der Waals surface area contributed by atoms with Gasteiger partial charge in [-0.3, -0.25) is 4.79 Å². The summed E-state index contributed by atoms with van der Waals surface area (Å²) < 4.78 is 5.83. The molecule has 0 aliphatic rings. The van der Waals surface area contributed by atoms with Crippen molar-refractivity contribution in [1.29, 1.82) is 0 Å². The Hall–Kier alpha value is -5.50. The molecule has 0 atom stereocenters.